The van der Waals surface area contributed by atoms with Crippen LogP contribution in [0.1, 0.15) is 31.4 Å². The molecule has 2 N–H and O–H groups in total. The van der Waals surface area contributed by atoms with Crippen molar-refractivity contribution in [1.82, 2.24) is 15.3 Å². The van der Waals surface area contributed by atoms with Crippen molar-refractivity contribution in [2.24, 2.45) is 0 Å². The van der Waals surface area contributed by atoms with Crippen LogP contribution in [0.2, 0.25) is 0 Å². The Morgan fingerprint density at radius 1 is 1.29 bits per heavy atom. The van der Waals surface area contributed by atoms with Crippen LogP contribution in [-0.2, 0) is 25.2 Å². The molecule has 34 heavy (non-hydrogen) atoms. The van der Waals surface area contributed by atoms with E-state index in [1.165, 1.54) is 7.11 Å². The van der Waals surface area contributed by atoms with Gasteiger partial charge in [0.25, 0.3) is 0 Å². The fourth-order valence-electron chi connectivity index (χ4n) is 3.78. The quantitative estimate of drug-likeness (QED) is 0.604. The van der Waals surface area contributed by atoms with Crippen molar-refractivity contribution < 1.29 is 50.5 Å². The molecule has 1 aromatic rings. The summed E-state index contributed by atoms with van der Waals surface area (Å²) < 4.78 is 81.6. The van der Waals surface area contributed by atoms with Crippen LogP contribution in [0.4, 0.5) is 32.3 Å². The van der Waals surface area contributed by atoms with Gasteiger partial charge in [0.1, 0.15) is 17.9 Å². The number of carbonyl (C=O) groups excluding carboxylic acids is 1. The summed E-state index contributed by atoms with van der Waals surface area (Å²) in [4.78, 5) is 30.3. The van der Waals surface area contributed by atoms with Gasteiger partial charge < -0.3 is 24.8 Å². The molecular weight excluding hydrogens is 478 g/mol. The summed E-state index contributed by atoms with van der Waals surface area (Å²) >= 11 is 0. The number of carboxylic acids is 1. The summed E-state index contributed by atoms with van der Waals surface area (Å²) in [6.07, 6.45) is -5.17. The van der Waals surface area contributed by atoms with E-state index in [1.54, 1.807) is 4.90 Å². The molecule has 0 aromatic carbocycles. The fourth-order valence-corrected chi connectivity index (χ4v) is 3.78. The van der Waals surface area contributed by atoms with Crippen LogP contribution >= 0.6 is 0 Å². The van der Waals surface area contributed by atoms with Crippen molar-refractivity contribution in [3.8, 4) is 0 Å². The lowest BCUT2D eigenvalue weighted by molar-refractivity contribution is -0.192. The standard InChI is InChI=1S/C17H23F3N4O3.C2HF3O2/c1-26-10-14(25)22-12-4-2-3-6-16(12)11-24(8-9-27-16)15-21-7-5-13(23-15)17(18,19)20;3-2(4,5)1(6)7/h5,7,12H,2-4,6,8-11H2,1H3,(H,22,25);(H,6,7). The summed E-state index contributed by atoms with van der Waals surface area (Å²) in [5.41, 5.74) is -1.64. The smallest absolute Gasteiger partial charge is 0.475 e. The number of aliphatic carboxylic acids is 1. The zero-order chi connectivity index (χ0) is 25.6. The number of carboxylic acid groups (broad SMARTS) is 1. The number of nitrogens with one attached hydrogen (secondary N) is 1. The Morgan fingerprint density at radius 2 is 1.97 bits per heavy atom. The van der Waals surface area contributed by atoms with Crippen LogP contribution in [0.25, 0.3) is 0 Å². The maximum atomic E-state index is 13.0. The number of rotatable bonds is 4. The number of hydrogen-bond donors (Lipinski definition) is 2. The van der Waals surface area contributed by atoms with E-state index in [4.69, 9.17) is 19.4 Å². The second kappa shape index (κ2) is 11.2. The van der Waals surface area contributed by atoms with Crippen molar-refractivity contribution in [3.63, 3.8) is 0 Å². The predicted molar refractivity (Wildman–Crippen MR) is 104 cm³/mol. The number of methoxy groups -OCH3 is 1. The minimum absolute atomic E-state index is 0.0278. The summed E-state index contributed by atoms with van der Waals surface area (Å²) in [6.45, 7) is 0.997. The van der Waals surface area contributed by atoms with Crippen LogP contribution in [-0.4, -0.2) is 78.2 Å². The average Bonchev–Trinajstić information content (AvgIpc) is 2.75. The number of alkyl halides is 6. The zero-order valence-electron chi connectivity index (χ0n) is 18.1. The van der Waals surface area contributed by atoms with Crippen molar-refractivity contribution in [1.29, 1.82) is 0 Å². The number of hydrogen-bond acceptors (Lipinski definition) is 7. The maximum Gasteiger partial charge on any atom is 0.490 e. The summed E-state index contributed by atoms with van der Waals surface area (Å²) in [5, 5.41) is 10.1. The summed E-state index contributed by atoms with van der Waals surface area (Å²) in [5.74, 6) is -2.97. The van der Waals surface area contributed by atoms with E-state index in [9.17, 15) is 31.1 Å². The number of anilines is 1. The molecule has 1 aliphatic carbocycles. The molecule has 2 aliphatic rings. The number of morpholine rings is 1. The largest absolute Gasteiger partial charge is 0.490 e. The molecule has 1 saturated heterocycles. The number of aromatic nitrogens is 2. The Morgan fingerprint density at radius 3 is 2.56 bits per heavy atom. The van der Waals surface area contributed by atoms with Crippen molar-refractivity contribution >= 4 is 17.8 Å². The Hall–Kier alpha value is -2.68. The first-order valence-electron chi connectivity index (χ1n) is 10.2. The highest BCUT2D eigenvalue weighted by molar-refractivity contribution is 5.77. The molecule has 0 radical (unpaired) electrons. The zero-order valence-corrected chi connectivity index (χ0v) is 18.1. The highest BCUT2D eigenvalue weighted by Gasteiger charge is 2.46. The van der Waals surface area contributed by atoms with E-state index in [-0.39, 0.29) is 24.5 Å². The minimum Gasteiger partial charge on any atom is -0.475 e. The monoisotopic (exact) mass is 502 g/mol. The summed E-state index contributed by atoms with van der Waals surface area (Å²) in [7, 11) is 1.44. The van der Waals surface area contributed by atoms with Gasteiger partial charge in [-0.2, -0.15) is 26.3 Å². The molecular formula is C19H24F6N4O5. The van der Waals surface area contributed by atoms with Gasteiger partial charge in [-0.05, 0) is 18.9 Å². The van der Waals surface area contributed by atoms with Crippen LogP contribution < -0.4 is 10.2 Å². The number of amides is 1. The molecule has 1 amide bonds. The third-order valence-electron chi connectivity index (χ3n) is 5.26. The molecule has 192 valence electrons. The van der Waals surface area contributed by atoms with E-state index in [0.29, 0.717) is 26.1 Å². The molecule has 9 nitrogen and oxygen atoms in total. The Kier molecular flexibility index (Phi) is 9.05. The van der Waals surface area contributed by atoms with Gasteiger partial charge in [0, 0.05) is 19.9 Å². The molecule has 0 bridgehead atoms. The van der Waals surface area contributed by atoms with Crippen LogP contribution in [0.15, 0.2) is 12.3 Å². The topological polar surface area (TPSA) is 114 Å². The number of ether oxygens (including phenoxy) is 2. The Bertz CT molecular complexity index is 849. The van der Waals surface area contributed by atoms with Gasteiger partial charge in [-0.3, -0.25) is 4.79 Å². The van der Waals surface area contributed by atoms with Gasteiger partial charge in [0.15, 0.2) is 0 Å². The number of nitrogens with zero attached hydrogens (tertiary/aromatic N) is 3. The van der Waals surface area contributed by atoms with Gasteiger partial charge >= 0.3 is 18.3 Å². The average molecular weight is 502 g/mol. The molecule has 1 aliphatic heterocycles. The second-order valence-electron chi connectivity index (χ2n) is 7.68. The molecule has 3 rings (SSSR count). The van der Waals surface area contributed by atoms with Gasteiger partial charge in [0.05, 0.1) is 19.2 Å². The Balaban J connectivity index is 0.000000509. The van der Waals surface area contributed by atoms with Crippen LogP contribution in [0, 0.1) is 0 Å². The van der Waals surface area contributed by atoms with E-state index in [0.717, 1.165) is 31.5 Å². The van der Waals surface area contributed by atoms with E-state index < -0.39 is 29.6 Å². The molecule has 1 spiro atoms. The first kappa shape index (κ1) is 27.6. The van der Waals surface area contributed by atoms with Crippen molar-refractivity contribution in [2.45, 2.75) is 49.7 Å². The first-order chi connectivity index (χ1) is 15.8. The predicted octanol–water partition coefficient (Wildman–Crippen LogP) is 2.41. The molecule has 2 unspecified atom stereocenters. The lowest BCUT2D eigenvalue weighted by atomic mass is 9.79. The summed E-state index contributed by atoms with van der Waals surface area (Å²) in [6, 6.07) is 0.621. The molecule has 2 heterocycles. The normalized spacial score (nSPS) is 23.1. The van der Waals surface area contributed by atoms with Gasteiger partial charge in [-0.15, -0.1) is 0 Å². The second-order valence-corrected chi connectivity index (χ2v) is 7.68. The van der Waals surface area contributed by atoms with E-state index in [2.05, 4.69) is 15.3 Å². The lowest BCUT2D eigenvalue weighted by Crippen LogP contribution is -2.64. The molecule has 15 heteroatoms. The van der Waals surface area contributed by atoms with E-state index in [1.807, 2.05) is 0 Å². The van der Waals surface area contributed by atoms with Gasteiger partial charge in [0.2, 0.25) is 11.9 Å². The highest BCUT2D eigenvalue weighted by atomic mass is 19.4. The van der Waals surface area contributed by atoms with Crippen molar-refractivity contribution in [3.05, 3.63) is 18.0 Å². The third kappa shape index (κ3) is 7.41. The van der Waals surface area contributed by atoms with E-state index >= 15 is 0 Å². The van der Waals surface area contributed by atoms with Crippen molar-refractivity contribution in [2.75, 3.05) is 38.3 Å². The molecule has 2 fully saturated rings. The third-order valence-corrected chi connectivity index (χ3v) is 5.26. The van der Waals surface area contributed by atoms with Crippen LogP contribution in [0.5, 0.6) is 0 Å². The maximum absolute atomic E-state index is 13.0. The minimum atomic E-state index is -5.08. The number of halogens is 6. The van der Waals surface area contributed by atoms with Gasteiger partial charge in [-0.25, -0.2) is 14.8 Å². The first-order valence-corrected chi connectivity index (χ1v) is 10.2. The fraction of sp³-hybridized carbons (Fsp3) is 0.684. The number of carbonyl (C=O) groups is 2. The highest BCUT2D eigenvalue weighted by Crippen LogP contribution is 2.36. The van der Waals surface area contributed by atoms with Crippen LogP contribution in [0.3, 0.4) is 0 Å². The van der Waals surface area contributed by atoms with Gasteiger partial charge in [-0.1, -0.05) is 12.8 Å². The molecule has 1 saturated carbocycles. The Labute approximate surface area is 190 Å². The lowest BCUT2D eigenvalue weighted by Gasteiger charge is -2.49. The molecule has 2 atom stereocenters. The SMILES string of the molecule is COCC(=O)NC1CCCCC12CN(c1nccc(C(F)(F)F)n1)CCO2.O=C(O)C(F)(F)F. The molecule has 1 aromatic heterocycles.